The lowest BCUT2D eigenvalue weighted by atomic mass is 10.2. The molecule has 0 aliphatic rings. The number of aliphatic carboxylic acids is 1. The lowest BCUT2D eigenvalue weighted by Crippen LogP contribution is -2.12. The van der Waals surface area contributed by atoms with Gasteiger partial charge in [-0.15, -0.1) is 0 Å². The monoisotopic (exact) mass is 263 g/mol. The molecule has 1 aromatic rings. The van der Waals surface area contributed by atoms with Gasteiger partial charge < -0.3 is 15.2 Å². The third-order valence-electron chi connectivity index (χ3n) is 2.29. The quantitative estimate of drug-likeness (QED) is 0.773. The summed E-state index contributed by atoms with van der Waals surface area (Å²) in [4.78, 5) is 22.3. The molecule has 1 amide bonds. The molecule has 5 nitrogen and oxygen atoms in total. The fraction of sp³-hybridized carbons (Fsp3) is 0.286. The zero-order valence-electron chi connectivity index (χ0n) is 11.0. The summed E-state index contributed by atoms with van der Waals surface area (Å²) in [6.07, 6.45) is 1.90. The van der Waals surface area contributed by atoms with E-state index < -0.39 is 11.9 Å². The molecule has 2 N–H and O–H groups in total. The van der Waals surface area contributed by atoms with Crippen molar-refractivity contribution in [2.45, 2.75) is 20.3 Å². The summed E-state index contributed by atoms with van der Waals surface area (Å²) in [7, 11) is 0. The van der Waals surface area contributed by atoms with Gasteiger partial charge in [0.05, 0.1) is 12.3 Å². The number of ether oxygens (including phenoxy) is 1. The van der Waals surface area contributed by atoms with Crippen LogP contribution in [0.4, 0.5) is 5.69 Å². The number of amides is 1. The molecule has 102 valence electrons. The van der Waals surface area contributed by atoms with Gasteiger partial charge in [-0.25, -0.2) is 4.79 Å². The average molecular weight is 263 g/mol. The predicted molar refractivity (Wildman–Crippen MR) is 72.3 cm³/mol. The highest BCUT2D eigenvalue weighted by atomic mass is 16.5. The minimum Gasteiger partial charge on any atom is -0.491 e. The number of nitrogens with one attached hydrogen (secondary N) is 1. The number of carboxylic acid groups (broad SMARTS) is 1. The fourth-order valence-corrected chi connectivity index (χ4v) is 1.33. The Morgan fingerprint density at radius 3 is 2.68 bits per heavy atom. The second kappa shape index (κ2) is 7.20. The highest BCUT2D eigenvalue weighted by Gasteiger charge is 2.07. The van der Waals surface area contributed by atoms with Crippen molar-refractivity contribution in [3.63, 3.8) is 0 Å². The van der Waals surface area contributed by atoms with Gasteiger partial charge in [0.15, 0.2) is 0 Å². The molecule has 0 radical (unpaired) electrons. The van der Waals surface area contributed by atoms with Crippen LogP contribution in [0.25, 0.3) is 0 Å². The van der Waals surface area contributed by atoms with Crippen LogP contribution in [0.1, 0.15) is 20.3 Å². The standard InChI is InChI=1S/C14H17NO4/c1-3-8-19-12-7-5-4-6-11(12)15-13(16)9-10(2)14(17)18/h4-7,9H,3,8H2,1-2H3,(H,15,16)(H,17,18)/b10-9+. The zero-order chi connectivity index (χ0) is 14.3. The molecule has 0 unspecified atom stereocenters. The third kappa shape index (κ3) is 4.83. The summed E-state index contributed by atoms with van der Waals surface area (Å²) < 4.78 is 5.49. The molecule has 0 heterocycles. The van der Waals surface area contributed by atoms with Crippen molar-refractivity contribution in [2.24, 2.45) is 0 Å². The number of rotatable bonds is 6. The smallest absolute Gasteiger partial charge is 0.331 e. The molecule has 0 aromatic heterocycles. The van der Waals surface area contributed by atoms with E-state index in [0.717, 1.165) is 12.5 Å². The van der Waals surface area contributed by atoms with E-state index in [2.05, 4.69) is 5.32 Å². The molecule has 0 aliphatic heterocycles. The maximum atomic E-state index is 11.6. The van der Waals surface area contributed by atoms with E-state index >= 15 is 0 Å². The van der Waals surface area contributed by atoms with Crippen LogP contribution in [0.5, 0.6) is 5.75 Å². The highest BCUT2D eigenvalue weighted by Crippen LogP contribution is 2.23. The molecule has 0 saturated carbocycles. The van der Waals surface area contributed by atoms with Crippen molar-refractivity contribution in [3.8, 4) is 5.75 Å². The molecule has 0 spiro atoms. The Morgan fingerprint density at radius 1 is 1.37 bits per heavy atom. The molecule has 5 heteroatoms. The second-order valence-corrected chi connectivity index (χ2v) is 3.97. The number of carbonyl (C=O) groups is 2. The van der Waals surface area contributed by atoms with Crippen LogP contribution in [0.3, 0.4) is 0 Å². The summed E-state index contributed by atoms with van der Waals surface area (Å²) in [5.74, 6) is -1.04. The van der Waals surface area contributed by atoms with Crippen LogP contribution in [0.2, 0.25) is 0 Å². The number of anilines is 1. The van der Waals surface area contributed by atoms with E-state index in [1.165, 1.54) is 6.92 Å². The first-order valence-corrected chi connectivity index (χ1v) is 5.99. The van der Waals surface area contributed by atoms with E-state index in [0.29, 0.717) is 18.0 Å². The van der Waals surface area contributed by atoms with Crippen molar-refractivity contribution >= 4 is 17.6 Å². The maximum Gasteiger partial charge on any atom is 0.331 e. The second-order valence-electron chi connectivity index (χ2n) is 3.97. The van der Waals surface area contributed by atoms with E-state index in [9.17, 15) is 9.59 Å². The molecule has 0 atom stereocenters. The molecule has 1 aromatic carbocycles. The molecular weight excluding hydrogens is 246 g/mol. The Kier molecular flexibility index (Phi) is 5.60. The first-order valence-electron chi connectivity index (χ1n) is 5.99. The average Bonchev–Trinajstić information content (AvgIpc) is 2.37. The van der Waals surface area contributed by atoms with Crippen molar-refractivity contribution in [3.05, 3.63) is 35.9 Å². The molecule has 0 saturated heterocycles. The number of carbonyl (C=O) groups excluding carboxylic acids is 1. The third-order valence-corrected chi connectivity index (χ3v) is 2.29. The Hall–Kier alpha value is -2.30. The van der Waals surface area contributed by atoms with Crippen LogP contribution in [-0.2, 0) is 9.59 Å². The van der Waals surface area contributed by atoms with Crippen molar-refractivity contribution in [2.75, 3.05) is 11.9 Å². The number of hydrogen-bond donors (Lipinski definition) is 2. The summed E-state index contributed by atoms with van der Waals surface area (Å²) in [6, 6.07) is 7.02. The van der Waals surface area contributed by atoms with Crippen LogP contribution in [0.15, 0.2) is 35.9 Å². The van der Waals surface area contributed by atoms with E-state index in [-0.39, 0.29) is 5.57 Å². The number of carboxylic acids is 1. The first-order chi connectivity index (χ1) is 9.04. The van der Waals surface area contributed by atoms with Gasteiger partial charge in [-0.1, -0.05) is 19.1 Å². The van der Waals surface area contributed by atoms with Gasteiger partial charge in [-0.2, -0.15) is 0 Å². The van der Waals surface area contributed by atoms with Gasteiger partial charge in [-0.3, -0.25) is 4.79 Å². The number of benzene rings is 1. The SMILES string of the molecule is CCCOc1ccccc1NC(=O)/C=C(\C)C(=O)O. The Morgan fingerprint density at radius 2 is 2.05 bits per heavy atom. The van der Waals surface area contributed by atoms with Gasteiger partial charge in [0.25, 0.3) is 0 Å². The Labute approximate surface area is 111 Å². The summed E-state index contributed by atoms with van der Waals surface area (Å²) in [5.41, 5.74) is 0.500. The van der Waals surface area contributed by atoms with Gasteiger partial charge in [0.1, 0.15) is 5.75 Å². The molecule has 1 rings (SSSR count). The van der Waals surface area contributed by atoms with Crippen molar-refractivity contribution < 1.29 is 19.4 Å². The number of para-hydroxylation sites is 2. The van der Waals surface area contributed by atoms with Crippen molar-refractivity contribution in [1.29, 1.82) is 0 Å². The van der Waals surface area contributed by atoms with E-state index in [1.807, 2.05) is 6.92 Å². The minimum absolute atomic E-state index is 0.0237. The van der Waals surface area contributed by atoms with Gasteiger partial charge in [0.2, 0.25) is 5.91 Å². The topological polar surface area (TPSA) is 75.6 Å². The van der Waals surface area contributed by atoms with Gasteiger partial charge in [-0.05, 0) is 25.5 Å². The van der Waals surface area contributed by atoms with Crippen molar-refractivity contribution in [1.82, 2.24) is 0 Å². The summed E-state index contributed by atoms with van der Waals surface area (Å²) in [6.45, 7) is 3.90. The lowest BCUT2D eigenvalue weighted by Gasteiger charge is -2.10. The Balaban J connectivity index is 2.79. The van der Waals surface area contributed by atoms with Crippen LogP contribution in [-0.4, -0.2) is 23.6 Å². The fourth-order valence-electron chi connectivity index (χ4n) is 1.33. The summed E-state index contributed by atoms with van der Waals surface area (Å²) in [5, 5.41) is 11.3. The summed E-state index contributed by atoms with van der Waals surface area (Å²) >= 11 is 0. The van der Waals surface area contributed by atoms with E-state index in [4.69, 9.17) is 9.84 Å². The molecular formula is C14H17NO4. The molecule has 0 fully saturated rings. The van der Waals surface area contributed by atoms with E-state index in [1.54, 1.807) is 24.3 Å². The van der Waals surface area contributed by atoms with Gasteiger partial charge >= 0.3 is 5.97 Å². The molecule has 0 aliphatic carbocycles. The molecule has 0 bridgehead atoms. The van der Waals surface area contributed by atoms with Crippen LogP contribution in [0, 0.1) is 0 Å². The predicted octanol–water partition coefficient (Wildman–Crippen LogP) is 2.44. The minimum atomic E-state index is -1.12. The number of hydrogen-bond acceptors (Lipinski definition) is 3. The normalized spacial score (nSPS) is 10.9. The molecule has 19 heavy (non-hydrogen) atoms. The lowest BCUT2D eigenvalue weighted by molar-refractivity contribution is -0.132. The largest absolute Gasteiger partial charge is 0.491 e. The van der Waals surface area contributed by atoms with Crippen LogP contribution < -0.4 is 10.1 Å². The highest BCUT2D eigenvalue weighted by molar-refractivity contribution is 6.04. The zero-order valence-corrected chi connectivity index (χ0v) is 11.0. The van der Waals surface area contributed by atoms with Gasteiger partial charge in [0, 0.05) is 11.6 Å². The first kappa shape index (κ1) is 14.8. The Bertz CT molecular complexity index is 494. The van der Waals surface area contributed by atoms with Crippen LogP contribution >= 0.6 is 0 Å². The maximum absolute atomic E-state index is 11.6.